The van der Waals surface area contributed by atoms with E-state index in [4.69, 9.17) is 9.47 Å². The number of nitrogens with one attached hydrogen (secondary N) is 1. The lowest BCUT2D eigenvalue weighted by Gasteiger charge is -2.20. The summed E-state index contributed by atoms with van der Waals surface area (Å²) in [5, 5.41) is 2.89. The highest BCUT2D eigenvalue weighted by atomic mass is 35.5. The van der Waals surface area contributed by atoms with Crippen LogP contribution in [0.4, 0.5) is 0 Å². The molecule has 1 aromatic heterocycles. The van der Waals surface area contributed by atoms with E-state index < -0.39 is 0 Å². The van der Waals surface area contributed by atoms with Gasteiger partial charge in [0.2, 0.25) is 0 Å². The van der Waals surface area contributed by atoms with Gasteiger partial charge in [-0.1, -0.05) is 0 Å². The van der Waals surface area contributed by atoms with Gasteiger partial charge in [0.25, 0.3) is 5.91 Å². The van der Waals surface area contributed by atoms with Crippen molar-refractivity contribution in [1.82, 2.24) is 10.3 Å². The number of rotatable bonds is 3. The summed E-state index contributed by atoms with van der Waals surface area (Å²) in [4.78, 5) is 15.9. The van der Waals surface area contributed by atoms with E-state index in [1.807, 2.05) is 19.1 Å². The number of benzene rings is 1. The fourth-order valence-electron chi connectivity index (χ4n) is 2.20. The van der Waals surface area contributed by atoms with E-state index in [2.05, 4.69) is 10.3 Å². The third kappa shape index (κ3) is 3.49. The summed E-state index contributed by atoms with van der Waals surface area (Å²) in [7, 11) is 0. The molecule has 0 radical (unpaired) electrons. The van der Waals surface area contributed by atoms with Crippen LogP contribution in [0.1, 0.15) is 21.5 Å². The van der Waals surface area contributed by atoms with Crippen LogP contribution >= 0.6 is 12.4 Å². The van der Waals surface area contributed by atoms with Crippen molar-refractivity contribution in [3.63, 3.8) is 0 Å². The zero-order valence-electron chi connectivity index (χ0n) is 12.2. The third-order valence-electron chi connectivity index (χ3n) is 3.36. The molecule has 1 N–H and O–H groups in total. The first kappa shape index (κ1) is 16.1. The molecule has 3 rings (SSSR count). The molecule has 5 nitrogen and oxygen atoms in total. The number of ether oxygens (including phenoxy) is 2. The van der Waals surface area contributed by atoms with Gasteiger partial charge in [-0.15, -0.1) is 12.4 Å². The zero-order valence-corrected chi connectivity index (χ0v) is 13.0. The number of aryl methyl sites for hydroxylation is 1. The molecule has 0 atom stereocenters. The number of aromatic nitrogens is 1. The van der Waals surface area contributed by atoms with Crippen molar-refractivity contribution in [3.05, 3.63) is 53.3 Å². The van der Waals surface area contributed by atoms with Crippen molar-refractivity contribution < 1.29 is 14.3 Å². The maximum atomic E-state index is 12.0. The number of hydrogen-bond acceptors (Lipinski definition) is 4. The minimum absolute atomic E-state index is 0. The summed E-state index contributed by atoms with van der Waals surface area (Å²) in [5.41, 5.74) is 2.62. The Balaban J connectivity index is 0.00000176. The summed E-state index contributed by atoms with van der Waals surface area (Å²) in [5.74, 6) is 1.36. The second-order valence-electron chi connectivity index (χ2n) is 4.85. The Morgan fingerprint density at radius 2 is 2.00 bits per heavy atom. The maximum absolute atomic E-state index is 12.0. The van der Waals surface area contributed by atoms with Crippen molar-refractivity contribution in [2.45, 2.75) is 13.5 Å². The van der Waals surface area contributed by atoms with Gasteiger partial charge in [0.1, 0.15) is 13.2 Å². The van der Waals surface area contributed by atoms with Gasteiger partial charge in [-0.05, 0) is 42.3 Å². The number of amides is 1. The van der Waals surface area contributed by atoms with E-state index in [0.717, 1.165) is 22.6 Å². The molecule has 0 saturated carbocycles. The molecule has 0 bridgehead atoms. The number of fused-ring (bicyclic) bond motifs is 1. The van der Waals surface area contributed by atoms with Gasteiger partial charge in [0, 0.05) is 18.9 Å². The quantitative estimate of drug-likeness (QED) is 0.944. The average molecular weight is 321 g/mol. The minimum atomic E-state index is -0.141. The van der Waals surface area contributed by atoms with Gasteiger partial charge in [0.05, 0.1) is 5.56 Å². The van der Waals surface area contributed by atoms with Gasteiger partial charge in [-0.25, -0.2) is 0 Å². The molecule has 1 amide bonds. The molecule has 0 fully saturated rings. The van der Waals surface area contributed by atoms with Crippen molar-refractivity contribution in [1.29, 1.82) is 0 Å². The molecule has 0 aliphatic carbocycles. The molecule has 0 saturated heterocycles. The van der Waals surface area contributed by atoms with Crippen molar-refractivity contribution >= 4 is 18.3 Å². The van der Waals surface area contributed by atoms with Gasteiger partial charge < -0.3 is 14.8 Å². The molecule has 0 spiro atoms. The van der Waals surface area contributed by atoms with Crippen LogP contribution in [0, 0.1) is 6.92 Å². The topological polar surface area (TPSA) is 60.5 Å². The largest absolute Gasteiger partial charge is 0.486 e. The lowest BCUT2D eigenvalue weighted by Crippen LogP contribution is -2.23. The third-order valence-corrected chi connectivity index (χ3v) is 3.36. The number of carbonyl (C=O) groups excluding carboxylic acids is 1. The monoisotopic (exact) mass is 320 g/mol. The Morgan fingerprint density at radius 3 is 2.68 bits per heavy atom. The number of halogens is 1. The zero-order chi connectivity index (χ0) is 14.7. The van der Waals surface area contributed by atoms with Crippen LogP contribution in [-0.2, 0) is 6.54 Å². The second-order valence-corrected chi connectivity index (χ2v) is 4.85. The molecule has 0 unspecified atom stereocenters. The highest BCUT2D eigenvalue weighted by molar-refractivity contribution is 5.93. The Hall–Kier alpha value is -2.27. The highest BCUT2D eigenvalue weighted by Crippen LogP contribution is 2.32. The Bertz CT molecular complexity index is 662. The summed E-state index contributed by atoms with van der Waals surface area (Å²) >= 11 is 0. The molecule has 1 aliphatic heterocycles. The molecular weight excluding hydrogens is 304 g/mol. The van der Waals surface area contributed by atoms with Crippen LogP contribution in [0.5, 0.6) is 11.5 Å². The van der Waals surface area contributed by atoms with Gasteiger partial charge >= 0.3 is 0 Å². The van der Waals surface area contributed by atoms with Gasteiger partial charge in [-0.3, -0.25) is 9.78 Å². The highest BCUT2D eigenvalue weighted by Gasteiger charge is 2.14. The maximum Gasteiger partial charge on any atom is 0.253 e. The Morgan fingerprint density at radius 1 is 1.27 bits per heavy atom. The lowest BCUT2D eigenvalue weighted by atomic mass is 10.1. The fourth-order valence-corrected chi connectivity index (χ4v) is 2.20. The van der Waals surface area contributed by atoms with E-state index in [1.165, 1.54) is 0 Å². The Kier molecular flexibility index (Phi) is 5.22. The summed E-state index contributed by atoms with van der Waals surface area (Å²) in [6, 6.07) is 7.34. The first-order chi connectivity index (χ1) is 10.2. The normalized spacial score (nSPS) is 12.2. The smallest absolute Gasteiger partial charge is 0.253 e. The number of carbonyl (C=O) groups is 1. The molecular formula is C16H17ClN2O3. The van der Waals surface area contributed by atoms with E-state index in [-0.39, 0.29) is 18.3 Å². The SMILES string of the molecule is Cc1cc2c(cc1CNC(=O)c1cccnc1)OCCO2.Cl. The average Bonchev–Trinajstić information content (AvgIpc) is 2.53. The summed E-state index contributed by atoms with van der Waals surface area (Å²) < 4.78 is 11.1. The molecule has 22 heavy (non-hydrogen) atoms. The van der Waals surface area contributed by atoms with Crippen LogP contribution in [0.15, 0.2) is 36.7 Å². The van der Waals surface area contributed by atoms with Gasteiger partial charge in [0.15, 0.2) is 11.5 Å². The predicted molar refractivity (Wildman–Crippen MR) is 84.8 cm³/mol. The first-order valence-electron chi connectivity index (χ1n) is 6.81. The van der Waals surface area contributed by atoms with Gasteiger partial charge in [-0.2, -0.15) is 0 Å². The van der Waals surface area contributed by atoms with Crippen LogP contribution in [0.3, 0.4) is 0 Å². The Labute approximate surface area is 135 Å². The number of hydrogen-bond donors (Lipinski definition) is 1. The standard InChI is InChI=1S/C16H16N2O3.ClH/c1-11-7-14-15(21-6-5-20-14)8-13(11)10-18-16(19)12-3-2-4-17-9-12;/h2-4,7-9H,5-6,10H2,1H3,(H,18,19);1H. The van der Waals surface area contributed by atoms with E-state index >= 15 is 0 Å². The molecule has 1 aliphatic rings. The van der Waals surface area contributed by atoms with Crippen LogP contribution in [0.2, 0.25) is 0 Å². The number of pyridine rings is 1. The van der Waals surface area contributed by atoms with Crippen molar-refractivity contribution in [3.8, 4) is 11.5 Å². The fraction of sp³-hybridized carbons (Fsp3) is 0.250. The molecule has 2 heterocycles. The second kappa shape index (κ2) is 7.13. The minimum Gasteiger partial charge on any atom is -0.486 e. The van der Waals surface area contributed by atoms with E-state index in [9.17, 15) is 4.79 Å². The summed E-state index contributed by atoms with van der Waals surface area (Å²) in [6.45, 7) is 3.56. The van der Waals surface area contributed by atoms with Crippen LogP contribution < -0.4 is 14.8 Å². The van der Waals surface area contributed by atoms with Crippen molar-refractivity contribution in [2.75, 3.05) is 13.2 Å². The molecule has 116 valence electrons. The number of nitrogens with zero attached hydrogens (tertiary/aromatic N) is 1. The molecule has 6 heteroatoms. The predicted octanol–water partition coefficient (Wildman–Crippen LogP) is 2.51. The molecule has 2 aromatic rings. The van der Waals surface area contributed by atoms with Crippen LogP contribution in [-0.4, -0.2) is 24.1 Å². The molecule has 1 aromatic carbocycles. The van der Waals surface area contributed by atoms with E-state index in [0.29, 0.717) is 25.3 Å². The van der Waals surface area contributed by atoms with Crippen molar-refractivity contribution in [2.24, 2.45) is 0 Å². The lowest BCUT2D eigenvalue weighted by molar-refractivity contribution is 0.0950. The summed E-state index contributed by atoms with van der Waals surface area (Å²) in [6.07, 6.45) is 3.19. The van der Waals surface area contributed by atoms with Crippen LogP contribution in [0.25, 0.3) is 0 Å². The first-order valence-corrected chi connectivity index (χ1v) is 6.81. The van der Waals surface area contributed by atoms with E-state index in [1.54, 1.807) is 24.5 Å².